The molecule has 2 heterocycles. The number of nitrogens with zero attached hydrogens (tertiary/aromatic N) is 1. The minimum atomic E-state index is -0.384. The number of hydrogen-bond acceptors (Lipinski definition) is 5. The molecule has 1 aromatic heterocycles. The van der Waals surface area contributed by atoms with Gasteiger partial charge in [-0.1, -0.05) is 6.07 Å². The predicted octanol–water partition coefficient (Wildman–Crippen LogP) is 3.30. The lowest BCUT2D eigenvalue weighted by Gasteiger charge is -2.56. The first-order valence-corrected chi connectivity index (χ1v) is 13.9. The van der Waals surface area contributed by atoms with Gasteiger partial charge in [-0.3, -0.25) is 19.8 Å². The molecule has 4 amide bonds. The van der Waals surface area contributed by atoms with Crippen LogP contribution in [0.15, 0.2) is 17.5 Å². The Morgan fingerprint density at radius 1 is 1.09 bits per heavy atom. The van der Waals surface area contributed by atoms with Crippen LogP contribution in [0.25, 0.3) is 0 Å². The van der Waals surface area contributed by atoms with E-state index in [-0.39, 0.29) is 35.3 Å². The smallest absolute Gasteiger partial charge is 0.321 e. The van der Waals surface area contributed by atoms with E-state index in [1.54, 1.807) is 11.3 Å². The molecule has 1 aliphatic heterocycles. The van der Waals surface area contributed by atoms with Gasteiger partial charge in [0.15, 0.2) is 0 Å². The van der Waals surface area contributed by atoms with Gasteiger partial charge in [0, 0.05) is 22.9 Å². The summed E-state index contributed by atoms with van der Waals surface area (Å²) in [6.07, 6.45) is 9.51. The van der Waals surface area contributed by atoms with Gasteiger partial charge >= 0.3 is 6.03 Å². The third kappa shape index (κ3) is 5.33. The molecule has 6 rings (SSSR count). The van der Waals surface area contributed by atoms with Crippen molar-refractivity contribution in [1.29, 1.82) is 0 Å². The van der Waals surface area contributed by atoms with Crippen LogP contribution in [0.5, 0.6) is 0 Å². The SMILES string of the molecule is CC(C(=O)NC(=O)NC12CC3CC(CC(C3)C1)C2)N1CCC(C(=O)NCCc2cccs2)CC1. The fourth-order valence-corrected chi connectivity index (χ4v) is 8.08. The molecule has 4 saturated carbocycles. The summed E-state index contributed by atoms with van der Waals surface area (Å²) >= 11 is 1.71. The van der Waals surface area contributed by atoms with Crippen molar-refractivity contribution in [3.63, 3.8) is 0 Å². The minimum absolute atomic E-state index is 0.00534. The summed E-state index contributed by atoms with van der Waals surface area (Å²) in [6, 6.07) is 3.40. The lowest BCUT2D eigenvalue weighted by Crippen LogP contribution is -2.62. The summed E-state index contributed by atoms with van der Waals surface area (Å²) in [7, 11) is 0. The molecular weight excluding hydrogens is 448 g/mol. The van der Waals surface area contributed by atoms with Gasteiger partial charge in [0.05, 0.1) is 6.04 Å². The number of thiophene rings is 1. The van der Waals surface area contributed by atoms with E-state index in [1.165, 1.54) is 24.1 Å². The normalized spacial score (nSPS) is 31.7. The Balaban J connectivity index is 1.04. The molecule has 186 valence electrons. The summed E-state index contributed by atoms with van der Waals surface area (Å²) in [5, 5.41) is 11.0. The lowest BCUT2D eigenvalue weighted by molar-refractivity contribution is -0.128. The number of imide groups is 1. The van der Waals surface area contributed by atoms with Crippen molar-refractivity contribution in [3.05, 3.63) is 22.4 Å². The van der Waals surface area contributed by atoms with Crippen LogP contribution in [-0.4, -0.2) is 54.0 Å². The molecule has 1 atom stereocenters. The number of carbonyl (C=O) groups excluding carboxylic acids is 3. The van der Waals surface area contributed by atoms with Gasteiger partial charge in [-0.25, -0.2) is 4.79 Å². The third-order valence-electron chi connectivity index (χ3n) is 8.73. The van der Waals surface area contributed by atoms with Crippen LogP contribution in [0, 0.1) is 23.7 Å². The van der Waals surface area contributed by atoms with Crippen molar-refractivity contribution in [2.45, 2.75) is 76.3 Å². The Hall–Kier alpha value is -1.93. The molecule has 5 fully saturated rings. The summed E-state index contributed by atoms with van der Waals surface area (Å²) < 4.78 is 0. The molecule has 7 nitrogen and oxygen atoms in total. The van der Waals surface area contributed by atoms with Gasteiger partial charge in [0.25, 0.3) is 0 Å². The average Bonchev–Trinajstić information content (AvgIpc) is 3.30. The molecule has 4 aliphatic carbocycles. The molecule has 34 heavy (non-hydrogen) atoms. The Kier molecular flexibility index (Phi) is 6.98. The van der Waals surface area contributed by atoms with Crippen LogP contribution in [0.1, 0.15) is 63.2 Å². The average molecular weight is 487 g/mol. The van der Waals surface area contributed by atoms with E-state index in [2.05, 4.69) is 32.3 Å². The molecule has 1 aromatic rings. The summed E-state index contributed by atoms with van der Waals surface area (Å²) in [4.78, 5) is 41.4. The first-order valence-electron chi connectivity index (χ1n) is 13.1. The van der Waals surface area contributed by atoms with Crippen molar-refractivity contribution in [2.24, 2.45) is 23.7 Å². The van der Waals surface area contributed by atoms with Gasteiger partial charge in [-0.05, 0) is 107 Å². The van der Waals surface area contributed by atoms with Crippen molar-refractivity contribution in [1.82, 2.24) is 20.9 Å². The number of piperidine rings is 1. The fraction of sp³-hybridized carbons (Fsp3) is 0.731. The maximum Gasteiger partial charge on any atom is 0.321 e. The molecule has 0 aromatic carbocycles. The maximum absolute atomic E-state index is 12.8. The first kappa shape index (κ1) is 23.8. The van der Waals surface area contributed by atoms with Gasteiger partial charge in [-0.15, -0.1) is 11.3 Å². The van der Waals surface area contributed by atoms with Gasteiger partial charge in [-0.2, -0.15) is 0 Å². The third-order valence-corrected chi connectivity index (χ3v) is 9.67. The first-order chi connectivity index (χ1) is 16.4. The molecule has 4 bridgehead atoms. The number of rotatable bonds is 7. The van der Waals surface area contributed by atoms with Crippen LogP contribution in [-0.2, 0) is 16.0 Å². The lowest BCUT2D eigenvalue weighted by atomic mass is 9.53. The quantitative estimate of drug-likeness (QED) is 0.552. The maximum atomic E-state index is 12.8. The molecule has 8 heteroatoms. The largest absolute Gasteiger partial charge is 0.355 e. The van der Waals surface area contributed by atoms with Gasteiger partial charge in [0.1, 0.15) is 0 Å². The Labute approximate surface area is 206 Å². The highest BCUT2D eigenvalue weighted by Gasteiger charge is 2.51. The highest BCUT2D eigenvalue weighted by Crippen LogP contribution is 2.55. The zero-order chi connectivity index (χ0) is 23.7. The van der Waals surface area contributed by atoms with Crippen LogP contribution in [0.2, 0.25) is 0 Å². The van der Waals surface area contributed by atoms with Crippen molar-refractivity contribution >= 4 is 29.2 Å². The van der Waals surface area contributed by atoms with Crippen LogP contribution < -0.4 is 16.0 Å². The zero-order valence-corrected chi connectivity index (χ0v) is 21.0. The molecule has 0 spiro atoms. The minimum Gasteiger partial charge on any atom is -0.355 e. The molecule has 0 radical (unpaired) electrons. The van der Waals surface area contributed by atoms with Crippen molar-refractivity contribution in [3.8, 4) is 0 Å². The molecule has 3 N–H and O–H groups in total. The van der Waals surface area contributed by atoms with E-state index in [4.69, 9.17) is 0 Å². The van der Waals surface area contributed by atoms with Gasteiger partial charge < -0.3 is 10.6 Å². The topological polar surface area (TPSA) is 90.5 Å². The van der Waals surface area contributed by atoms with Crippen molar-refractivity contribution < 1.29 is 14.4 Å². The number of amides is 4. The molecule has 5 aliphatic rings. The molecule has 1 unspecified atom stereocenters. The van der Waals surface area contributed by atoms with Gasteiger partial charge in [0.2, 0.25) is 11.8 Å². The van der Waals surface area contributed by atoms with E-state index in [0.717, 1.165) is 56.3 Å². The Bertz CT molecular complexity index is 859. The highest BCUT2D eigenvalue weighted by atomic mass is 32.1. The fourth-order valence-electron chi connectivity index (χ4n) is 7.38. The Morgan fingerprint density at radius 3 is 2.32 bits per heavy atom. The number of hydrogen-bond donors (Lipinski definition) is 3. The second-order valence-corrected chi connectivity index (χ2v) is 12.3. The Morgan fingerprint density at radius 2 is 1.74 bits per heavy atom. The van der Waals surface area contributed by atoms with Crippen LogP contribution in [0.3, 0.4) is 0 Å². The second-order valence-electron chi connectivity index (χ2n) is 11.2. The van der Waals surface area contributed by atoms with E-state index in [1.807, 2.05) is 13.0 Å². The summed E-state index contributed by atoms with van der Waals surface area (Å²) in [6.45, 7) is 3.90. The molecule has 1 saturated heterocycles. The number of likely N-dealkylation sites (tertiary alicyclic amines) is 1. The van der Waals surface area contributed by atoms with E-state index in [9.17, 15) is 14.4 Å². The zero-order valence-electron chi connectivity index (χ0n) is 20.2. The number of carbonyl (C=O) groups is 3. The van der Waals surface area contributed by atoms with Crippen LogP contribution in [0.4, 0.5) is 4.79 Å². The van der Waals surface area contributed by atoms with E-state index < -0.39 is 0 Å². The van der Waals surface area contributed by atoms with Crippen molar-refractivity contribution in [2.75, 3.05) is 19.6 Å². The highest BCUT2D eigenvalue weighted by molar-refractivity contribution is 7.09. The summed E-state index contributed by atoms with van der Waals surface area (Å²) in [5.41, 5.74) is -0.0996. The number of nitrogens with one attached hydrogen (secondary N) is 3. The second kappa shape index (κ2) is 9.97. The van der Waals surface area contributed by atoms with E-state index >= 15 is 0 Å². The predicted molar refractivity (Wildman–Crippen MR) is 132 cm³/mol. The van der Waals surface area contributed by atoms with E-state index in [0.29, 0.717) is 19.6 Å². The van der Waals surface area contributed by atoms with Crippen LogP contribution >= 0.6 is 11.3 Å². The molecular formula is C26H38N4O3S. The summed E-state index contributed by atoms with van der Waals surface area (Å²) in [5.74, 6) is 2.10. The number of urea groups is 1. The monoisotopic (exact) mass is 486 g/mol. The standard InChI is InChI=1S/C26H38N4O3S/c1-17(30-8-5-21(6-9-30)24(32)27-7-4-22-3-2-10-34-22)23(31)28-25(33)29-26-14-18-11-19(15-26)13-20(12-18)16-26/h2-3,10,17-21H,4-9,11-16H2,1H3,(H,27,32)(H2,28,29,31,33).